The van der Waals surface area contributed by atoms with Crippen LogP contribution in [0.25, 0.3) is 22.3 Å². The van der Waals surface area contributed by atoms with Crippen LogP contribution in [0.15, 0.2) is 97.1 Å². The van der Waals surface area contributed by atoms with Gasteiger partial charge < -0.3 is 20.3 Å². The maximum absolute atomic E-state index is 14.7. The third kappa shape index (κ3) is 7.54. The molecule has 4 aliphatic rings. The molecule has 8 rings (SSSR count). The van der Waals surface area contributed by atoms with E-state index in [2.05, 4.69) is 15.4 Å². The number of fused-ring (bicyclic) bond motifs is 3. The molecule has 3 fully saturated rings. The number of ether oxygens (including phenoxy) is 1. The van der Waals surface area contributed by atoms with E-state index in [0.717, 1.165) is 36.9 Å². The Morgan fingerprint density at radius 3 is 2.42 bits per heavy atom. The van der Waals surface area contributed by atoms with Gasteiger partial charge in [-0.2, -0.15) is 4.98 Å². The molecule has 2 aliphatic heterocycles. The molecule has 2 aliphatic carbocycles. The lowest BCUT2D eigenvalue weighted by Crippen LogP contribution is -2.58. The molecule has 1 saturated heterocycles. The SMILES string of the molecule is CC1(S(=O)(=O)NC(=O)[C@@]23C[C@H]2C=CCCCCC[C@H](Nc2ccccc2)C(=O)N2C[C@H](Oc4nc(-c5ccccc5)nc5ccccc45)C[C@H]2C(=O)N3)CC1. The third-order valence-electron chi connectivity index (χ3n) is 11.5. The van der Waals surface area contributed by atoms with Crippen molar-refractivity contribution in [2.24, 2.45) is 5.92 Å². The third-order valence-corrected chi connectivity index (χ3v) is 13.6. The summed E-state index contributed by atoms with van der Waals surface area (Å²) in [7, 11) is -3.96. The Kier molecular flexibility index (Phi) is 9.83. The number of sulfonamides is 1. The van der Waals surface area contributed by atoms with Crippen molar-refractivity contribution in [2.75, 3.05) is 11.9 Å². The first-order valence-electron chi connectivity index (χ1n) is 19.2. The van der Waals surface area contributed by atoms with E-state index in [0.29, 0.717) is 41.9 Å². The van der Waals surface area contributed by atoms with Crippen molar-refractivity contribution in [1.82, 2.24) is 24.9 Å². The molecule has 0 radical (unpaired) electrons. The van der Waals surface area contributed by atoms with E-state index in [4.69, 9.17) is 14.7 Å². The molecular weight excluding hydrogens is 717 g/mol. The number of hydrogen-bond acceptors (Lipinski definition) is 9. The summed E-state index contributed by atoms with van der Waals surface area (Å²) in [5, 5.41) is 7.09. The Hall–Kier alpha value is -5.30. The van der Waals surface area contributed by atoms with Gasteiger partial charge in [0, 0.05) is 23.6 Å². The summed E-state index contributed by atoms with van der Waals surface area (Å²) in [6, 6.07) is 25.0. The van der Waals surface area contributed by atoms with E-state index in [-0.39, 0.29) is 25.3 Å². The van der Waals surface area contributed by atoms with Crippen LogP contribution < -0.4 is 20.1 Å². The van der Waals surface area contributed by atoms with Crippen molar-refractivity contribution >= 4 is 44.3 Å². The zero-order valence-electron chi connectivity index (χ0n) is 30.8. The van der Waals surface area contributed by atoms with Gasteiger partial charge in [0.05, 0.1) is 22.2 Å². The van der Waals surface area contributed by atoms with Gasteiger partial charge in [0.1, 0.15) is 23.7 Å². The summed E-state index contributed by atoms with van der Waals surface area (Å²) < 4.78 is 34.3. The molecule has 3 N–H and O–H groups in total. The maximum atomic E-state index is 14.7. The Balaban J connectivity index is 1.13. The summed E-state index contributed by atoms with van der Waals surface area (Å²) in [6.07, 6.45) is 8.47. The van der Waals surface area contributed by atoms with Crippen molar-refractivity contribution in [3.63, 3.8) is 0 Å². The monoisotopic (exact) mass is 762 g/mol. The first kappa shape index (κ1) is 36.7. The molecule has 0 spiro atoms. The molecule has 0 unspecified atom stereocenters. The second kappa shape index (κ2) is 14.7. The maximum Gasteiger partial charge on any atom is 0.259 e. The number of aromatic nitrogens is 2. The highest BCUT2D eigenvalue weighted by molar-refractivity contribution is 7.91. The smallest absolute Gasteiger partial charge is 0.259 e. The highest BCUT2D eigenvalue weighted by Gasteiger charge is 2.63. The normalized spacial score (nSPS) is 26.5. The lowest BCUT2D eigenvalue weighted by molar-refractivity contribution is -0.140. The van der Waals surface area contributed by atoms with Crippen LogP contribution in [-0.4, -0.2) is 76.0 Å². The number of carbonyl (C=O) groups is 3. The number of anilines is 1. The molecule has 3 amide bonds. The van der Waals surface area contributed by atoms with Crippen molar-refractivity contribution < 1.29 is 27.5 Å². The average molecular weight is 763 g/mol. The molecule has 0 bridgehead atoms. The first-order chi connectivity index (χ1) is 26.6. The lowest BCUT2D eigenvalue weighted by atomic mass is 10.0. The summed E-state index contributed by atoms with van der Waals surface area (Å²) >= 11 is 0. The van der Waals surface area contributed by atoms with Crippen LogP contribution in [0.4, 0.5) is 5.69 Å². The Morgan fingerprint density at radius 2 is 1.65 bits per heavy atom. The Bertz CT molecular complexity index is 2230. The number of rotatable bonds is 8. The van der Waals surface area contributed by atoms with Crippen LogP contribution in [0.3, 0.4) is 0 Å². The van der Waals surface area contributed by atoms with E-state index < -0.39 is 56.2 Å². The van der Waals surface area contributed by atoms with Gasteiger partial charge in [0.25, 0.3) is 5.91 Å². The van der Waals surface area contributed by atoms with E-state index >= 15 is 0 Å². The largest absolute Gasteiger partial charge is 0.472 e. The molecular formula is C42H46N6O6S. The summed E-state index contributed by atoms with van der Waals surface area (Å²) in [5.74, 6) is -1.11. The average Bonchev–Trinajstić information content (AvgIpc) is 4.07. The number of benzene rings is 3. The molecule has 12 nitrogen and oxygen atoms in total. The minimum Gasteiger partial charge on any atom is -0.472 e. The van der Waals surface area contributed by atoms with Crippen LogP contribution in [0.1, 0.15) is 64.7 Å². The molecule has 13 heteroatoms. The molecule has 286 valence electrons. The molecule has 2 saturated carbocycles. The van der Waals surface area contributed by atoms with E-state index in [9.17, 15) is 22.8 Å². The molecule has 1 aromatic heterocycles. The number of allylic oxidation sites excluding steroid dienone is 1. The van der Waals surface area contributed by atoms with Crippen molar-refractivity contribution in [3.05, 3.63) is 97.1 Å². The number of para-hydroxylation sites is 2. The van der Waals surface area contributed by atoms with Crippen LogP contribution in [0.2, 0.25) is 0 Å². The van der Waals surface area contributed by atoms with Crippen LogP contribution >= 0.6 is 0 Å². The van der Waals surface area contributed by atoms with E-state index in [1.165, 1.54) is 0 Å². The number of amides is 3. The predicted molar refractivity (Wildman–Crippen MR) is 209 cm³/mol. The van der Waals surface area contributed by atoms with E-state index in [1.807, 2.05) is 97.1 Å². The first-order valence-corrected chi connectivity index (χ1v) is 20.7. The van der Waals surface area contributed by atoms with Crippen molar-refractivity contribution in [1.29, 1.82) is 0 Å². The lowest BCUT2D eigenvalue weighted by Gasteiger charge is -2.30. The second-order valence-corrected chi connectivity index (χ2v) is 17.7. The van der Waals surface area contributed by atoms with Gasteiger partial charge in [0.15, 0.2) is 5.82 Å². The highest BCUT2D eigenvalue weighted by atomic mass is 32.2. The second-order valence-electron chi connectivity index (χ2n) is 15.5. The zero-order chi connectivity index (χ0) is 38.2. The number of carbonyl (C=O) groups excluding carboxylic acids is 3. The zero-order valence-corrected chi connectivity index (χ0v) is 31.6. The van der Waals surface area contributed by atoms with Gasteiger partial charge in [-0.05, 0) is 69.7 Å². The number of nitrogens with zero attached hydrogens (tertiary/aromatic N) is 3. The van der Waals surface area contributed by atoms with Gasteiger partial charge in [0.2, 0.25) is 27.7 Å². The van der Waals surface area contributed by atoms with Gasteiger partial charge in [-0.3, -0.25) is 19.1 Å². The number of hydrogen-bond donors (Lipinski definition) is 3. The molecule has 3 heterocycles. The molecule has 4 aromatic rings. The van der Waals surface area contributed by atoms with Crippen LogP contribution in [0.5, 0.6) is 5.88 Å². The summed E-state index contributed by atoms with van der Waals surface area (Å²) in [4.78, 5) is 54.3. The highest BCUT2D eigenvalue weighted by Crippen LogP contribution is 2.47. The molecule has 55 heavy (non-hydrogen) atoms. The van der Waals surface area contributed by atoms with Gasteiger partial charge in [-0.25, -0.2) is 13.4 Å². The molecule has 5 atom stereocenters. The van der Waals surface area contributed by atoms with Gasteiger partial charge in [-0.1, -0.05) is 85.7 Å². The minimum atomic E-state index is -3.96. The summed E-state index contributed by atoms with van der Waals surface area (Å²) in [6.45, 7) is 1.71. The van der Waals surface area contributed by atoms with Gasteiger partial charge in [-0.15, -0.1) is 0 Å². The number of nitrogens with one attached hydrogen (secondary N) is 3. The van der Waals surface area contributed by atoms with Crippen LogP contribution in [0, 0.1) is 5.92 Å². The molecule has 3 aromatic carbocycles. The van der Waals surface area contributed by atoms with Crippen molar-refractivity contribution in [2.45, 2.75) is 93.2 Å². The topological polar surface area (TPSA) is 160 Å². The summed E-state index contributed by atoms with van der Waals surface area (Å²) in [5.41, 5.74) is 0.832. The van der Waals surface area contributed by atoms with Gasteiger partial charge >= 0.3 is 0 Å². The minimum absolute atomic E-state index is 0.0954. The Morgan fingerprint density at radius 1 is 0.927 bits per heavy atom. The fourth-order valence-corrected chi connectivity index (χ4v) is 9.01. The fourth-order valence-electron chi connectivity index (χ4n) is 7.69. The quantitative estimate of drug-likeness (QED) is 0.197. The predicted octanol–water partition coefficient (Wildman–Crippen LogP) is 5.52. The van der Waals surface area contributed by atoms with Crippen LogP contribution in [-0.2, 0) is 24.4 Å². The fraction of sp³-hybridized carbons (Fsp3) is 0.405. The standard InChI is InChI=1S/C42H46N6O6S/c1-41(23-24-41)55(52,53)47-40(51)42-26-29(42)17-9-3-2-4-12-22-34(43-30-18-10-6-11-19-30)39(50)48-27-31(25-35(48)37(49)46-42)54-38-32-20-13-14-21-33(32)44-36(45-38)28-15-7-5-8-16-28/h5-11,13-21,29,31,34-35,43H,2-4,12,22-27H2,1H3,(H,46,49)(H,47,51)/t29-,31-,34+,35+,42-/m1/s1. The van der Waals surface area contributed by atoms with Crippen molar-refractivity contribution in [3.8, 4) is 17.3 Å². The Labute approximate surface area is 321 Å². The van der Waals surface area contributed by atoms with E-state index in [1.54, 1.807) is 11.8 Å².